The number of hydrogen-bond donors (Lipinski definition) is 1. The lowest BCUT2D eigenvalue weighted by Gasteiger charge is -2.27. The van der Waals surface area contributed by atoms with Crippen molar-refractivity contribution in [1.82, 2.24) is 25.0 Å². The van der Waals surface area contributed by atoms with Crippen molar-refractivity contribution in [2.45, 2.75) is 45.1 Å². The Labute approximate surface area is 118 Å². The smallest absolute Gasteiger partial charge is 0.154 e. The maximum atomic E-state index is 4.46. The van der Waals surface area contributed by atoms with Crippen LogP contribution in [0.4, 0.5) is 5.82 Å². The van der Waals surface area contributed by atoms with Gasteiger partial charge in [0.05, 0.1) is 6.54 Å². The van der Waals surface area contributed by atoms with Crippen LogP contribution in [0.1, 0.15) is 48.1 Å². The van der Waals surface area contributed by atoms with E-state index < -0.39 is 0 Å². The van der Waals surface area contributed by atoms with Gasteiger partial charge >= 0.3 is 0 Å². The number of rotatable bonds is 3. The van der Waals surface area contributed by atoms with Gasteiger partial charge in [-0.3, -0.25) is 5.10 Å². The van der Waals surface area contributed by atoms with Crippen LogP contribution in [0.3, 0.4) is 0 Å². The van der Waals surface area contributed by atoms with E-state index in [2.05, 4.69) is 43.8 Å². The SMILES string of the molecule is Cc1[nH]nc2c1CCCN2Cc1nnc(C2CC2)n1C. The Bertz CT molecular complexity index is 636. The molecule has 1 saturated carbocycles. The van der Waals surface area contributed by atoms with E-state index >= 15 is 0 Å². The van der Waals surface area contributed by atoms with E-state index in [0.29, 0.717) is 5.92 Å². The molecule has 0 spiro atoms. The molecule has 3 heterocycles. The summed E-state index contributed by atoms with van der Waals surface area (Å²) in [5.74, 6) is 3.94. The molecule has 0 saturated heterocycles. The third kappa shape index (κ3) is 1.82. The van der Waals surface area contributed by atoms with Crippen LogP contribution in [0.15, 0.2) is 0 Å². The Balaban J connectivity index is 1.60. The van der Waals surface area contributed by atoms with Gasteiger partial charge in [0, 0.05) is 30.8 Å². The molecule has 1 N–H and O–H groups in total. The Hall–Kier alpha value is -1.85. The zero-order valence-electron chi connectivity index (χ0n) is 12.1. The quantitative estimate of drug-likeness (QED) is 0.923. The van der Waals surface area contributed by atoms with Gasteiger partial charge in [-0.05, 0) is 32.6 Å². The largest absolute Gasteiger partial charge is 0.347 e. The molecule has 1 fully saturated rings. The van der Waals surface area contributed by atoms with Crippen LogP contribution >= 0.6 is 0 Å². The van der Waals surface area contributed by atoms with Gasteiger partial charge in [0.15, 0.2) is 11.6 Å². The summed E-state index contributed by atoms with van der Waals surface area (Å²) >= 11 is 0. The molecular weight excluding hydrogens is 252 g/mol. The number of H-pyrrole nitrogens is 1. The normalized spacial score (nSPS) is 18.4. The standard InChI is InChI=1S/C14H20N6/c1-9-11-4-3-7-20(14(11)18-15-9)8-12-16-17-13(19(12)2)10-5-6-10/h10H,3-8H2,1-2H3,(H,15,18). The first-order valence-electron chi connectivity index (χ1n) is 7.41. The molecule has 0 bridgehead atoms. The maximum absolute atomic E-state index is 4.46. The number of nitrogens with zero attached hydrogens (tertiary/aromatic N) is 5. The second-order valence-electron chi connectivity index (χ2n) is 5.98. The first-order chi connectivity index (χ1) is 9.74. The molecule has 20 heavy (non-hydrogen) atoms. The number of aryl methyl sites for hydroxylation is 1. The molecule has 0 aromatic carbocycles. The lowest BCUT2D eigenvalue weighted by molar-refractivity contribution is 0.644. The van der Waals surface area contributed by atoms with Crippen molar-refractivity contribution in [1.29, 1.82) is 0 Å². The van der Waals surface area contributed by atoms with E-state index in [9.17, 15) is 0 Å². The number of fused-ring (bicyclic) bond motifs is 1. The average Bonchev–Trinajstić information content (AvgIpc) is 3.13. The number of nitrogens with one attached hydrogen (secondary N) is 1. The summed E-state index contributed by atoms with van der Waals surface area (Å²) in [6, 6.07) is 0. The van der Waals surface area contributed by atoms with Gasteiger partial charge < -0.3 is 9.47 Å². The highest BCUT2D eigenvalue weighted by atomic mass is 15.3. The molecular formula is C14H20N6. The summed E-state index contributed by atoms with van der Waals surface area (Å²) in [7, 11) is 2.09. The van der Waals surface area contributed by atoms with E-state index in [1.165, 1.54) is 30.5 Å². The molecule has 1 aliphatic heterocycles. The van der Waals surface area contributed by atoms with Crippen LogP contribution in [0.25, 0.3) is 0 Å². The van der Waals surface area contributed by atoms with Crippen LogP contribution in [-0.2, 0) is 20.0 Å². The van der Waals surface area contributed by atoms with Gasteiger partial charge in [0.1, 0.15) is 5.82 Å². The lowest BCUT2D eigenvalue weighted by atomic mass is 10.1. The Morgan fingerprint density at radius 1 is 1.30 bits per heavy atom. The highest BCUT2D eigenvalue weighted by Crippen LogP contribution is 2.39. The van der Waals surface area contributed by atoms with E-state index in [4.69, 9.17) is 0 Å². The Kier molecular flexibility index (Phi) is 2.58. The summed E-state index contributed by atoms with van der Waals surface area (Å²) in [4.78, 5) is 2.32. The number of aromatic amines is 1. The first-order valence-corrected chi connectivity index (χ1v) is 7.41. The van der Waals surface area contributed by atoms with Gasteiger partial charge in [-0.15, -0.1) is 10.2 Å². The molecule has 2 aromatic rings. The fraction of sp³-hybridized carbons (Fsp3) is 0.643. The predicted octanol–water partition coefficient (Wildman–Crippen LogP) is 1.68. The molecule has 0 radical (unpaired) electrons. The minimum absolute atomic E-state index is 0.644. The van der Waals surface area contributed by atoms with Crippen molar-refractivity contribution in [2.75, 3.05) is 11.4 Å². The zero-order chi connectivity index (χ0) is 13.7. The van der Waals surface area contributed by atoms with Crippen LogP contribution in [-0.4, -0.2) is 31.5 Å². The van der Waals surface area contributed by atoms with E-state index in [1.807, 2.05) is 0 Å². The third-order valence-corrected chi connectivity index (χ3v) is 4.48. The van der Waals surface area contributed by atoms with Gasteiger partial charge in [-0.2, -0.15) is 5.10 Å². The highest BCUT2D eigenvalue weighted by Gasteiger charge is 2.30. The Morgan fingerprint density at radius 3 is 2.95 bits per heavy atom. The van der Waals surface area contributed by atoms with Crippen LogP contribution in [0, 0.1) is 6.92 Å². The molecule has 6 nitrogen and oxygen atoms in total. The van der Waals surface area contributed by atoms with E-state index in [-0.39, 0.29) is 0 Å². The number of aromatic nitrogens is 5. The molecule has 0 unspecified atom stereocenters. The monoisotopic (exact) mass is 272 g/mol. The number of anilines is 1. The predicted molar refractivity (Wildman–Crippen MR) is 75.7 cm³/mol. The zero-order valence-corrected chi connectivity index (χ0v) is 12.1. The maximum Gasteiger partial charge on any atom is 0.154 e. The topological polar surface area (TPSA) is 62.6 Å². The average molecular weight is 272 g/mol. The summed E-state index contributed by atoms with van der Waals surface area (Å²) in [5, 5.41) is 16.3. The Morgan fingerprint density at radius 2 is 2.15 bits per heavy atom. The second-order valence-corrected chi connectivity index (χ2v) is 5.98. The van der Waals surface area contributed by atoms with Gasteiger partial charge in [0.25, 0.3) is 0 Å². The van der Waals surface area contributed by atoms with Crippen molar-refractivity contribution < 1.29 is 0 Å². The minimum Gasteiger partial charge on any atom is -0.347 e. The van der Waals surface area contributed by atoms with Crippen LogP contribution in [0.5, 0.6) is 0 Å². The minimum atomic E-state index is 0.644. The van der Waals surface area contributed by atoms with E-state index in [0.717, 1.165) is 37.0 Å². The third-order valence-electron chi connectivity index (χ3n) is 4.48. The second kappa shape index (κ2) is 4.33. The van der Waals surface area contributed by atoms with Crippen molar-refractivity contribution in [3.8, 4) is 0 Å². The molecule has 106 valence electrons. The van der Waals surface area contributed by atoms with Crippen molar-refractivity contribution in [3.63, 3.8) is 0 Å². The molecule has 0 amide bonds. The highest BCUT2D eigenvalue weighted by molar-refractivity contribution is 5.51. The fourth-order valence-electron chi connectivity index (χ4n) is 3.09. The van der Waals surface area contributed by atoms with Crippen molar-refractivity contribution in [3.05, 3.63) is 22.9 Å². The van der Waals surface area contributed by atoms with Gasteiger partial charge in [-0.1, -0.05) is 0 Å². The molecule has 2 aliphatic rings. The summed E-state index contributed by atoms with van der Waals surface area (Å²) in [5.41, 5.74) is 2.56. The molecule has 2 aromatic heterocycles. The van der Waals surface area contributed by atoms with Crippen molar-refractivity contribution >= 4 is 5.82 Å². The summed E-state index contributed by atoms with van der Waals surface area (Å²) in [6.07, 6.45) is 4.83. The molecule has 1 aliphatic carbocycles. The lowest BCUT2D eigenvalue weighted by Crippen LogP contribution is -2.30. The number of hydrogen-bond acceptors (Lipinski definition) is 4. The molecule has 0 atom stereocenters. The first kappa shape index (κ1) is 11.9. The molecule has 4 rings (SSSR count). The van der Waals surface area contributed by atoms with Crippen LogP contribution < -0.4 is 4.90 Å². The molecule has 6 heteroatoms. The fourth-order valence-corrected chi connectivity index (χ4v) is 3.09. The summed E-state index contributed by atoms with van der Waals surface area (Å²) < 4.78 is 2.17. The van der Waals surface area contributed by atoms with Gasteiger partial charge in [-0.25, -0.2) is 0 Å². The van der Waals surface area contributed by atoms with Gasteiger partial charge in [0.2, 0.25) is 0 Å². The van der Waals surface area contributed by atoms with Crippen LogP contribution in [0.2, 0.25) is 0 Å². The van der Waals surface area contributed by atoms with Crippen molar-refractivity contribution in [2.24, 2.45) is 7.05 Å². The summed E-state index contributed by atoms with van der Waals surface area (Å²) in [6.45, 7) is 3.94. The van der Waals surface area contributed by atoms with E-state index in [1.54, 1.807) is 0 Å².